The molecule has 2 aromatic carbocycles. The first-order valence-corrected chi connectivity index (χ1v) is 9.59. The number of hydrogen-bond acceptors (Lipinski definition) is 6. The fourth-order valence-electron chi connectivity index (χ4n) is 3.06. The molecule has 1 N–H and O–H groups in total. The van der Waals surface area contributed by atoms with Gasteiger partial charge in [0.2, 0.25) is 0 Å². The Morgan fingerprint density at radius 3 is 2.55 bits per heavy atom. The van der Waals surface area contributed by atoms with Crippen LogP contribution in [-0.2, 0) is 25.6 Å². The lowest BCUT2D eigenvalue weighted by molar-refractivity contribution is -0.123. The van der Waals surface area contributed by atoms with Crippen molar-refractivity contribution in [2.45, 2.75) is 19.6 Å². The smallest absolute Gasteiger partial charge is 0.338 e. The quantitative estimate of drug-likeness (QED) is 0.723. The summed E-state index contributed by atoms with van der Waals surface area (Å²) in [5.41, 5.74) is 2.98. The molecule has 2 aromatic rings. The van der Waals surface area contributed by atoms with Gasteiger partial charge in [0.15, 0.2) is 6.10 Å². The number of rotatable bonds is 7. The summed E-state index contributed by atoms with van der Waals surface area (Å²) < 4.78 is 15.7. The number of benzene rings is 2. The van der Waals surface area contributed by atoms with Crippen LogP contribution in [0.3, 0.4) is 0 Å². The maximum Gasteiger partial charge on any atom is 0.338 e. The molecule has 1 saturated heterocycles. The highest BCUT2D eigenvalue weighted by atomic mass is 16.5. The molecule has 1 heterocycles. The molecule has 1 atom stereocenters. The minimum atomic E-state index is -0.924. The summed E-state index contributed by atoms with van der Waals surface area (Å²) in [5.74, 6) is -0.932. The van der Waals surface area contributed by atoms with Crippen LogP contribution in [0.15, 0.2) is 48.5 Å². The maximum absolute atomic E-state index is 12.4. The summed E-state index contributed by atoms with van der Waals surface area (Å²) in [4.78, 5) is 27.0. The van der Waals surface area contributed by atoms with Gasteiger partial charge in [-0.05, 0) is 48.9 Å². The van der Waals surface area contributed by atoms with E-state index in [4.69, 9.17) is 14.2 Å². The van der Waals surface area contributed by atoms with Crippen molar-refractivity contribution in [2.75, 3.05) is 43.6 Å². The predicted molar refractivity (Wildman–Crippen MR) is 110 cm³/mol. The van der Waals surface area contributed by atoms with E-state index in [9.17, 15) is 9.59 Å². The van der Waals surface area contributed by atoms with Crippen molar-refractivity contribution in [3.63, 3.8) is 0 Å². The third-order valence-electron chi connectivity index (χ3n) is 4.64. The van der Waals surface area contributed by atoms with Crippen LogP contribution >= 0.6 is 0 Å². The molecule has 29 heavy (non-hydrogen) atoms. The van der Waals surface area contributed by atoms with Crippen LogP contribution in [0.1, 0.15) is 22.8 Å². The molecule has 7 heteroatoms. The average molecular weight is 398 g/mol. The van der Waals surface area contributed by atoms with Gasteiger partial charge in [-0.2, -0.15) is 0 Å². The van der Waals surface area contributed by atoms with Crippen LogP contribution in [0.2, 0.25) is 0 Å². The molecule has 3 rings (SSSR count). The molecule has 154 valence electrons. The van der Waals surface area contributed by atoms with Crippen LogP contribution in [0.5, 0.6) is 0 Å². The minimum absolute atomic E-state index is 0.383. The largest absolute Gasteiger partial charge is 0.449 e. The Balaban J connectivity index is 1.54. The van der Waals surface area contributed by atoms with E-state index in [0.29, 0.717) is 17.9 Å². The van der Waals surface area contributed by atoms with Gasteiger partial charge in [0.1, 0.15) is 0 Å². The number of nitrogens with zero attached hydrogens (tertiary/aromatic N) is 1. The molecule has 1 aliphatic heterocycles. The molecule has 0 unspecified atom stereocenters. The van der Waals surface area contributed by atoms with Crippen LogP contribution in [-0.4, -0.2) is 51.4 Å². The molecule has 0 bridgehead atoms. The monoisotopic (exact) mass is 398 g/mol. The standard InChI is InChI=1S/C22H26N2O5/c1-16(29-22(26)18-5-3-4-17(14-18)15-27-2)21(25)23-19-6-8-20(9-7-19)24-10-12-28-13-11-24/h3-9,14,16H,10-13,15H2,1-2H3,(H,23,25)/t16-/m0/s1. The molecule has 1 aliphatic rings. The van der Waals surface area contributed by atoms with E-state index in [1.54, 1.807) is 32.2 Å². The molecule has 0 saturated carbocycles. The van der Waals surface area contributed by atoms with Gasteiger partial charge in [-0.15, -0.1) is 0 Å². The summed E-state index contributed by atoms with van der Waals surface area (Å²) in [7, 11) is 1.59. The Kier molecular flexibility index (Phi) is 7.21. The molecule has 0 spiro atoms. The van der Waals surface area contributed by atoms with Crippen molar-refractivity contribution in [1.29, 1.82) is 0 Å². The summed E-state index contributed by atoms with van der Waals surface area (Å²) in [6.07, 6.45) is -0.924. The SMILES string of the molecule is COCc1cccc(C(=O)O[C@@H](C)C(=O)Nc2ccc(N3CCOCC3)cc2)c1. The highest BCUT2D eigenvalue weighted by Crippen LogP contribution is 2.19. The first-order chi connectivity index (χ1) is 14.1. The van der Waals surface area contributed by atoms with E-state index in [0.717, 1.165) is 37.6 Å². The van der Waals surface area contributed by atoms with Crippen molar-refractivity contribution in [1.82, 2.24) is 0 Å². The zero-order chi connectivity index (χ0) is 20.6. The van der Waals surface area contributed by atoms with Gasteiger partial charge in [-0.1, -0.05) is 12.1 Å². The molecule has 7 nitrogen and oxygen atoms in total. The fourth-order valence-corrected chi connectivity index (χ4v) is 3.06. The zero-order valence-electron chi connectivity index (χ0n) is 16.7. The van der Waals surface area contributed by atoms with E-state index in [-0.39, 0.29) is 5.91 Å². The summed E-state index contributed by atoms with van der Waals surface area (Å²) in [6.45, 7) is 5.09. The summed E-state index contributed by atoms with van der Waals surface area (Å²) in [5, 5.41) is 2.78. The Bertz CT molecular complexity index is 831. The van der Waals surface area contributed by atoms with Crippen LogP contribution < -0.4 is 10.2 Å². The second-order valence-corrected chi connectivity index (χ2v) is 6.82. The lowest BCUT2D eigenvalue weighted by Crippen LogP contribution is -2.36. The second kappa shape index (κ2) is 10.0. The van der Waals surface area contributed by atoms with Crippen LogP contribution in [0.25, 0.3) is 0 Å². The Hall–Kier alpha value is -2.90. The van der Waals surface area contributed by atoms with Crippen LogP contribution in [0, 0.1) is 0 Å². The first-order valence-electron chi connectivity index (χ1n) is 9.59. The van der Waals surface area contributed by atoms with Gasteiger partial charge in [0.25, 0.3) is 5.91 Å². The molecular weight excluding hydrogens is 372 g/mol. The number of esters is 1. The number of methoxy groups -OCH3 is 1. The van der Waals surface area contributed by atoms with E-state index in [2.05, 4.69) is 10.2 Å². The van der Waals surface area contributed by atoms with Crippen molar-refractivity contribution in [3.8, 4) is 0 Å². The number of ether oxygens (including phenoxy) is 3. The van der Waals surface area contributed by atoms with Gasteiger partial charge >= 0.3 is 5.97 Å². The minimum Gasteiger partial charge on any atom is -0.449 e. The third-order valence-corrected chi connectivity index (χ3v) is 4.64. The molecule has 0 aromatic heterocycles. The lowest BCUT2D eigenvalue weighted by Gasteiger charge is -2.28. The summed E-state index contributed by atoms with van der Waals surface area (Å²) in [6, 6.07) is 14.6. The van der Waals surface area contributed by atoms with Crippen LogP contribution in [0.4, 0.5) is 11.4 Å². The Morgan fingerprint density at radius 2 is 1.86 bits per heavy atom. The normalized spacial score (nSPS) is 14.9. The topological polar surface area (TPSA) is 77.1 Å². The maximum atomic E-state index is 12.4. The van der Waals surface area contributed by atoms with Gasteiger partial charge in [0.05, 0.1) is 25.4 Å². The molecule has 1 fully saturated rings. The Morgan fingerprint density at radius 1 is 1.14 bits per heavy atom. The zero-order valence-corrected chi connectivity index (χ0v) is 16.7. The van der Waals surface area contributed by atoms with Crippen molar-refractivity contribution >= 4 is 23.3 Å². The molecular formula is C22H26N2O5. The number of nitrogens with one attached hydrogen (secondary N) is 1. The number of amides is 1. The van der Waals surface area contributed by atoms with Gasteiger partial charge in [-0.25, -0.2) is 4.79 Å². The molecule has 0 radical (unpaired) electrons. The fraction of sp³-hybridized carbons (Fsp3) is 0.364. The first kappa shape index (κ1) is 20.8. The van der Waals surface area contributed by atoms with Gasteiger partial charge in [0, 0.05) is 31.6 Å². The lowest BCUT2D eigenvalue weighted by atomic mass is 10.1. The Labute approximate surface area is 170 Å². The highest BCUT2D eigenvalue weighted by Gasteiger charge is 2.19. The predicted octanol–water partition coefficient (Wildman–Crippen LogP) is 2.85. The number of morpholine rings is 1. The van der Waals surface area contributed by atoms with E-state index >= 15 is 0 Å². The summed E-state index contributed by atoms with van der Waals surface area (Å²) >= 11 is 0. The van der Waals surface area contributed by atoms with Gasteiger partial charge in [-0.3, -0.25) is 4.79 Å². The molecule has 0 aliphatic carbocycles. The second-order valence-electron chi connectivity index (χ2n) is 6.82. The van der Waals surface area contributed by atoms with E-state index in [1.165, 1.54) is 0 Å². The highest BCUT2D eigenvalue weighted by molar-refractivity contribution is 5.97. The van der Waals surface area contributed by atoms with Crippen molar-refractivity contribution in [3.05, 3.63) is 59.7 Å². The van der Waals surface area contributed by atoms with Crippen molar-refractivity contribution in [2.24, 2.45) is 0 Å². The number of anilines is 2. The number of carbonyl (C=O) groups excluding carboxylic acids is 2. The van der Waals surface area contributed by atoms with E-state index in [1.807, 2.05) is 30.3 Å². The average Bonchev–Trinajstić information content (AvgIpc) is 2.75. The number of hydrogen-bond donors (Lipinski definition) is 1. The van der Waals surface area contributed by atoms with E-state index < -0.39 is 12.1 Å². The number of carbonyl (C=O) groups is 2. The van der Waals surface area contributed by atoms with Crippen molar-refractivity contribution < 1.29 is 23.8 Å². The van der Waals surface area contributed by atoms with Gasteiger partial charge < -0.3 is 24.4 Å². The molecule has 1 amide bonds. The third kappa shape index (κ3) is 5.79.